The number of thioether (sulfide) groups is 1. The average molecular weight is 593 g/mol. The van der Waals surface area contributed by atoms with Gasteiger partial charge >= 0.3 is 11.9 Å². The first-order valence-corrected chi connectivity index (χ1v) is 16.3. The first kappa shape index (κ1) is 29.6. The second kappa shape index (κ2) is 14.3. The van der Waals surface area contributed by atoms with Gasteiger partial charge in [-0.25, -0.2) is 9.59 Å². The third-order valence-electron chi connectivity index (χ3n) is 7.07. The third-order valence-corrected chi connectivity index (χ3v) is 10.5. The molecule has 0 saturated heterocycles. The van der Waals surface area contributed by atoms with Crippen molar-refractivity contribution >= 4 is 68.2 Å². The monoisotopic (exact) mass is 592 g/mol. The van der Waals surface area contributed by atoms with Crippen LogP contribution < -0.4 is 10.6 Å². The van der Waals surface area contributed by atoms with E-state index in [1.807, 2.05) is 0 Å². The summed E-state index contributed by atoms with van der Waals surface area (Å²) in [6.07, 6.45) is 10.6. The summed E-state index contributed by atoms with van der Waals surface area (Å²) in [7, 11) is 2.73. The molecule has 212 valence electrons. The Morgan fingerprint density at radius 2 is 1.08 bits per heavy atom. The van der Waals surface area contributed by atoms with Crippen LogP contribution in [0.2, 0.25) is 0 Å². The molecule has 39 heavy (non-hydrogen) atoms. The summed E-state index contributed by atoms with van der Waals surface area (Å²) in [6, 6.07) is 0. The van der Waals surface area contributed by atoms with E-state index in [2.05, 4.69) is 10.6 Å². The van der Waals surface area contributed by atoms with Gasteiger partial charge in [0.25, 0.3) is 0 Å². The molecular formula is C28H36N2O6S3. The van der Waals surface area contributed by atoms with Crippen LogP contribution in [0.4, 0.5) is 10.0 Å². The number of amides is 2. The van der Waals surface area contributed by atoms with Crippen LogP contribution in [0.25, 0.3) is 0 Å². The second-order valence-corrected chi connectivity index (χ2v) is 13.2. The Labute approximate surface area is 241 Å². The van der Waals surface area contributed by atoms with Crippen molar-refractivity contribution in [1.82, 2.24) is 0 Å². The van der Waals surface area contributed by atoms with Crippen molar-refractivity contribution in [2.75, 3.05) is 36.4 Å². The first-order chi connectivity index (χ1) is 18.9. The number of aryl methyl sites for hydroxylation is 2. The van der Waals surface area contributed by atoms with E-state index in [9.17, 15) is 19.2 Å². The molecule has 0 aliphatic heterocycles. The maximum Gasteiger partial charge on any atom is 0.341 e. The lowest BCUT2D eigenvalue weighted by atomic mass is 10.1. The fourth-order valence-electron chi connectivity index (χ4n) is 5.11. The molecule has 0 saturated carbocycles. The summed E-state index contributed by atoms with van der Waals surface area (Å²) in [6.45, 7) is 0. The van der Waals surface area contributed by atoms with E-state index in [0.717, 1.165) is 75.3 Å². The van der Waals surface area contributed by atoms with Crippen molar-refractivity contribution in [3.05, 3.63) is 32.0 Å². The van der Waals surface area contributed by atoms with Crippen LogP contribution in [0.3, 0.4) is 0 Å². The second-order valence-electron chi connectivity index (χ2n) is 9.73. The summed E-state index contributed by atoms with van der Waals surface area (Å²) in [5, 5.41) is 7.02. The Kier molecular flexibility index (Phi) is 10.9. The van der Waals surface area contributed by atoms with Gasteiger partial charge in [-0.15, -0.1) is 22.7 Å². The average Bonchev–Trinajstić information content (AvgIpc) is 3.20. The maximum absolute atomic E-state index is 12.7. The van der Waals surface area contributed by atoms with E-state index < -0.39 is 11.9 Å². The number of carbonyl (C=O) groups excluding carboxylic acids is 4. The summed E-state index contributed by atoms with van der Waals surface area (Å²) in [4.78, 5) is 52.6. The van der Waals surface area contributed by atoms with E-state index in [1.165, 1.54) is 58.4 Å². The molecule has 0 bridgehead atoms. The van der Waals surface area contributed by atoms with Gasteiger partial charge in [-0.3, -0.25) is 9.59 Å². The van der Waals surface area contributed by atoms with Crippen molar-refractivity contribution in [3.8, 4) is 0 Å². The van der Waals surface area contributed by atoms with E-state index >= 15 is 0 Å². The first-order valence-electron chi connectivity index (χ1n) is 13.6. The zero-order valence-corrected chi connectivity index (χ0v) is 25.0. The topological polar surface area (TPSA) is 111 Å². The number of carbonyl (C=O) groups is 4. The van der Waals surface area contributed by atoms with Crippen molar-refractivity contribution in [2.45, 2.75) is 77.0 Å². The van der Waals surface area contributed by atoms with E-state index in [4.69, 9.17) is 9.47 Å². The van der Waals surface area contributed by atoms with Gasteiger partial charge in [-0.1, -0.05) is 12.8 Å². The number of methoxy groups -OCH3 is 2. The summed E-state index contributed by atoms with van der Waals surface area (Å²) >= 11 is 4.50. The fraction of sp³-hybridized carbons (Fsp3) is 0.571. The molecule has 0 spiro atoms. The standard InChI is InChI=1S/C28H36N2O6S3/c1-35-27(33)23-17-9-5-3-7-11-19(17)38-25(23)29-21(31)13-15-37-16-14-22(32)30-26-24(28(34)36-2)18-10-6-4-8-12-20(18)39-26/h3-16H2,1-2H3,(H,29,31)(H,30,32). The van der Waals surface area contributed by atoms with Crippen LogP contribution in [-0.2, 0) is 44.7 Å². The molecule has 2 aromatic heterocycles. The van der Waals surface area contributed by atoms with Gasteiger partial charge in [0.05, 0.1) is 25.3 Å². The highest BCUT2D eigenvalue weighted by molar-refractivity contribution is 7.99. The molecule has 2 aliphatic rings. The summed E-state index contributed by atoms with van der Waals surface area (Å²) < 4.78 is 10.0. The zero-order chi connectivity index (χ0) is 27.8. The molecule has 2 aliphatic carbocycles. The fourth-order valence-corrected chi connectivity index (χ4v) is 8.56. The minimum Gasteiger partial charge on any atom is -0.465 e. The molecule has 2 aromatic rings. The van der Waals surface area contributed by atoms with Gasteiger partial charge < -0.3 is 20.1 Å². The SMILES string of the molecule is COC(=O)c1c(NC(=O)CCSCCC(=O)Nc2sc3c(c2C(=O)OC)CCCCC3)sc2c1CCCCC2. The Morgan fingerprint density at radius 1 is 0.667 bits per heavy atom. The van der Waals surface area contributed by atoms with Crippen molar-refractivity contribution < 1.29 is 28.7 Å². The summed E-state index contributed by atoms with van der Waals surface area (Å²) in [5.74, 6) is -0.00505. The van der Waals surface area contributed by atoms with Crippen LogP contribution in [0, 0.1) is 0 Å². The van der Waals surface area contributed by atoms with E-state index in [-0.39, 0.29) is 24.7 Å². The van der Waals surface area contributed by atoms with Gasteiger partial charge in [0.15, 0.2) is 0 Å². The number of anilines is 2. The lowest BCUT2D eigenvalue weighted by Crippen LogP contribution is -2.16. The van der Waals surface area contributed by atoms with Gasteiger partial charge in [0, 0.05) is 34.1 Å². The van der Waals surface area contributed by atoms with Crippen LogP contribution in [-0.4, -0.2) is 49.5 Å². The molecule has 2 heterocycles. The van der Waals surface area contributed by atoms with E-state index in [0.29, 0.717) is 32.6 Å². The van der Waals surface area contributed by atoms with Gasteiger partial charge in [0.1, 0.15) is 10.0 Å². The predicted molar refractivity (Wildman–Crippen MR) is 158 cm³/mol. The smallest absolute Gasteiger partial charge is 0.341 e. The predicted octanol–water partition coefficient (Wildman–Crippen LogP) is 6.01. The highest BCUT2D eigenvalue weighted by atomic mass is 32.2. The highest BCUT2D eigenvalue weighted by Gasteiger charge is 2.27. The number of ether oxygens (including phenoxy) is 2. The number of rotatable bonds is 10. The Hall–Kier alpha value is -2.37. The minimum atomic E-state index is -0.400. The number of hydrogen-bond acceptors (Lipinski definition) is 9. The lowest BCUT2D eigenvalue weighted by Gasteiger charge is -2.08. The summed E-state index contributed by atoms with van der Waals surface area (Å²) in [5.41, 5.74) is 3.07. The molecule has 8 nitrogen and oxygen atoms in total. The largest absolute Gasteiger partial charge is 0.465 e. The van der Waals surface area contributed by atoms with Crippen LogP contribution >= 0.6 is 34.4 Å². The molecular weight excluding hydrogens is 557 g/mol. The van der Waals surface area contributed by atoms with Crippen LogP contribution in [0.15, 0.2) is 0 Å². The number of hydrogen-bond donors (Lipinski definition) is 2. The van der Waals surface area contributed by atoms with Gasteiger partial charge in [0.2, 0.25) is 11.8 Å². The van der Waals surface area contributed by atoms with E-state index in [1.54, 1.807) is 0 Å². The molecule has 2 N–H and O–H groups in total. The van der Waals surface area contributed by atoms with Crippen molar-refractivity contribution in [3.63, 3.8) is 0 Å². The zero-order valence-electron chi connectivity index (χ0n) is 22.6. The molecule has 0 aromatic carbocycles. The molecule has 11 heteroatoms. The number of thiophene rings is 2. The van der Waals surface area contributed by atoms with Gasteiger partial charge in [-0.05, 0) is 62.5 Å². The van der Waals surface area contributed by atoms with Gasteiger partial charge in [-0.2, -0.15) is 11.8 Å². The molecule has 2 amide bonds. The number of nitrogens with one attached hydrogen (secondary N) is 2. The van der Waals surface area contributed by atoms with Crippen molar-refractivity contribution in [2.24, 2.45) is 0 Å². The molecule has 0 radical (unpaired) electrons. The lowest BCUT2D eigenvalue weighted by molar-refractivity contribution is -0.116. The molecule has 0 unspecified atom stereocenters. The molecule has 4 rings (SSSR count). The third kappa shape index (κ3) is 7.43. The Morgan fingerprint density at radius 3 is 1.49 bits per heavy atom. The quantitative estimate of drug-likeness (QED) is 0.197. The van der Waals surface area contributed by atoms with Crippen molar-refractivity contribution in [1.29, 1.82) is 0 Å². The normalized spacial score (nSPS) is 14.8. The highest BCUT2D eigenvalue weighted by Crippen LogP contribution is 2.39. The number of fused-ring (bicyclic) bond motifs is 2. The Bertz CT molecular complexity index is 1130. The molecule has 0 atom stereocenters. The minimum absolute atomic E-state index is 0.156. The maximum atomic E-state index is 12.7. The Balaban J connectivity index is 1.25. The van der Waals surface area contributed by atoms with Crippen LogP contribution in [0.1, 0.15) is 93.0 Å². The van der Waals surface area contributed by atoms with Crippen LogP contribution in [0.5, 0.6) is 0 Å². The molecule has 0 fully saturated rings. The number of esters is 2.